The SMILES string of the molecule is [2H]C([2H])([2H])N1C(=O)c2cccc(OC(F)F)c2[C@H]2C[C@@H]1c1nc3ccc(-c4cnc5c(c4)CC[C@@]5(C)O)c(F)c3n12. The second kappa shape index (κ2) is 7.80. The zero-order valence-corrected chi connectivity index (χ0v) is 20.1. The molecule has 1 aliphatic carbocycles. The number of hydrogen-bond acceptors (Lipinski definition) is 5. The second-order valence-electron chi connectivity index (χ2n) is 10.2. The minimum absolute atomic E-state index is 0.0157. The largest absolute Gasteiger partial charge is 0.434 e. The smallest absolute Gasteiger partial charge is 0.387 e. The first kappa shape index (κ1) is 20.1. The van der Waals surface area contributed by atoms with Crippen LogP contribution in [0.4, 0.5) is 13.2 Å². The zero-order valence-electron chi connectivity index (χ0n) is 23.1. The van der Waals surface area contributed by atoms with E-state index in [2.05, 4.69) is 9.97 Å². The third kappa shape index (κ3) is 3.09. The number of nitrogens with zero attached hydrogens (tertiary/aromatic N) is 4. The summed E-state index contributed by atoms with van der Waals surface area (Å²) in [5.74, 6) is -1.67. The minimum atomic E-state index is -3.20. The van der Waals surface area contributed by atoms with Crippen LogP contribution in [0.2, 0.25) is 0 Å². The van der Waals surface area contributed by atoms with E-state index in [1.165, 1.54) is 29.0 Å². The fourth-order valence-corrected chi connectivity index (χ4v) is 6.20. The summed E-state index contributed by atoms with van der Waals surface area (Å²) in [6.45, 7) is -4.40. The molecule has 2 aliphatic heterocycles. The van der Waals surface area contributed by atoms with Gasteiger partial charge in [0.05, 0.1) is 23.3 Å². The van der Waals surface area contributed by atoms with Crippen LogP contribution < -0.4 is 4.74 Å². The van der Waals surface area contributed by atoms with E-state index in [4.69, 9.17) is 8.85 Å². The Morgan fingerprint density at radius 3 is 2.87 bits per heavy atom. The van der Waals surface area contributed by atoms with Gasteiger partial charge in [-0.25, -0.2) is 9.37 Å². The van der Waals surface area contributed by atoms with Crippen molar-refractivity contribution in [1.82, 2.24) is 19.4 Å². The zero-order chi connectivity index (χ0) is 29.0. The Balaban J connectivity index is 1.47. The molecule has 2 bridgehead atoms. The highest BCUT2D eigenvalue weighted by Crippen LogP contribution is 2.50. The fourth-order valence-electron chi connectivity index (χ4n) is 6.20. The second-order valence-corrected chi connectivity index (χ2v) is 10.2. The van der Waals surface area contributed by atoms with Crippen LogP contribution in [0.1, 0.15) is 69.0 Å². The monoisotopic (exact) mass is 523 g/mol. The molecule has 0 unspecified atom stereocenters. The number of halogens is 3. The van der Waals surface area contributed by atoms with Crippen molar-refractivity contribution in [3.8, 4) is 16.9 Å². The number of benzene rings is 2. The van der Waals surface area contributed by atoms with Crippen LogP contribution in [0.3, 0.4) is 0 Å². The Labute approximate surface area is 219 Å². The standard InChI is InChI=1S/C28H23F3N4O3/c1-28(37)9-8-13-10-14(12-32-24(13)28)15-6-7-17-23(22(15)29)35-18-11-19(25(35)33-17)34(2)26(36)16-4-3-5-20(21(16)18)38-27(30)31/h3-7,10,12,18-19,27,37H,8-9,11H2,1-2H3/t18-,19-,28-/m1/s1/i2D3. The molecule has 1 N–H and O–H groups in total. The average molecular weight is 524 g/mol. The van der Waals surface area contributed by atoms with Gasteiger partial charge in [-0.05, 0) is 55.7 Å². The van der Waals surface area contributed by atoms with Gasteiger partial charge in [-0.15, -0.1) is 0 Å². The Kier molecular flexibility index (Phi) is 4.12. The highest BCUT2D eigenvalue weighted by atomic mass is 19.3. The van der Waals surface area contributed by atoms with E-state index in [9.17, 15) is 18.7 Å². The first-order valence-corrected chi connectivity index (χ1v) is 12.2. The van der Waals surface area contributed by atoms with Crippen molar-refractivity contribution in [2.24, 2.45) is 0 Å². The average Bonchev–Trinajstić information content (AvgIpc) is 3.50. The van der Waals surface area contributed by atoms with Crippen LogP contribution >= 0.6 is 0 Å². The number of amides is 1. The van der Waals surface area contributed by atoms with Gasteiger partial charge in [0.1, 0.15) is 22.7 Å². The molecule has 1 amide bonds. The van der Waals surface area contributed by atoms with E-state index in [0.29, 0.717) is 24.1 Å². The third-order valence-corrected chi connectivity index (χ3v) is 7.92. The number of carbonyl (C=O) groups excluding carboxylic acids is 1. The van der Waals surface area contributed by atoms with Gasteiger partial charge in [0, 0.05) is 46.0 Å². The number of hydrogen-bond donors (Lipinski definition) is 1. The number of carbonyl (C=O) groups is 1. The van der Waals surface area contributed by atoms with Crippen LogP contribution in [-0.4, -0.2) is 44.0 Å². The lowest BCUT2D eigenvalue weighted by molar-refractivity contribution is -0.0507. The summed E-state index contributed by atoms with van der Waals surface area (Å²) in [5, 5.41) is 10.6. The van der Waals surface area contributed by atoms with Crippen LogP contribution in [0.25, 0.3) is 22.2 Å². The molecule has 38 heavy (non-hydrogen) atoms. The van der Waals surface area contributed by atoms with E-state index in [1.807, 2.05) is 0 Å². The van der Waals surface area contributed by atoms with E-state index < -0.39 is 43.0 Å². The van der Waals surface area contributed by atoms with Crippen molar-refractivity contribution in [1.29, 1.82) is 0 Å². The molecule has 4 aromatic rings. The highest BCUT2D eigenvalue weighted by molar-refractivity contribution is 5.98. The quantitative estimate of drug-likeness (QED) is 0.404. The van der Waals surface area contributed by atoms with E-state index in [0.717, 1.165) is 10.5 Å². The number of ether oxygens (including phenoxy) is 1. The van der Waals surface area contributed by atoms with Crippen LogP contribution in [0, 0.1) is 5.82 Å². The summed E-state index contributed by atoms with van der Waals surface area (Å²) in [5.41, 5.74) is 1.22. The maximum Gasteiger partial charge on any atom is 0.387 e. The molecule has 0 spiro atoms. The molecule has 7 rings (SSSR count). The van der Waals surface area contributed by atoms with Crippen LogP contribution in [-0.2, 0) is 12.0 Å². The number of rotatable bonds is 3. The maximum atomic E-state index is 16.5. The summed E-state index contributed by atoms with van der Waals surface area (Å²) >= 11 is 0. The van der Waals surface area contributed by atoms with Gasteiger partial charge in [-0.1, -0.05) is 6.07 Å². The molecule has 4 heterocycles. The molecule has 0 saturated carbocycles. The summed E-state index contributed by atoms with van der Waals surface area (Å²) in [6, 6.07) is 6.95. The van der Waals surface area contributed by atoms with E-state index in [1.54, 1.807) is 25.1 Å². The fraction of sp³-hybridized carbons (Fsp3) is 0.321. The molecule has 2 aromatic heterocycles. The molecule has 3 aliphatic rings. The van der Waals surface area contributed by atoms with Crippen LogP contribution in [0.15, 0.2) is 42.6 Å². The van der Waals surface area contributed by atoms with Crippen molar-refractivity contribution in [3.63, 3.8) is 0 Å². The molecular formula is C28H23F3N4O3. The number of fused-ring (bicyclic) bond motifs is 10. The summed E-state index contributed by atoms with van der Waals surface area (Å²) in [4.78, 5) is 23.3. The first-order chi connectivity index (χ1) is 19.4. The maximum absolute atomic E-state index is 16.5. The van der Waals surface area contributed by atoms with Gasteiger partial charge in [-0.2, -0.15) is 8.78 Å². The van der Waals surface area contributed by atoms with Crippen molar-refractivity contribution in [2.45, 2.75) is 50.5 Å². The summed E-state index contributed by atoms with van der Waals surface area (Å²) < 4.78 is 74.0. The van der Waals surface area contributed by atoms with Gasteiger partial charge < -0.3 is 19.3 Å². The summed E-state index contributed by atoms with van der Waals surface area (Å²) in [6.07, 6.45) is 2.56. The Hall–Kier alpha value is -3.92. The van der Waals surface area contributed by atoms with Crippen molar-refractivity contribution in [2.75, 3.05) is 6.98 Å². The predicted molar refractivity (Wildman–Crippen MR) is 131 cm³/mol. The molecule has 7 nitrogen and oxygen atoms in total. The molecule has 194 valence electrons. The molecule has 0 saturated heterocycles. The van der Waals surface area contributed by atoms with Gasteiger partial charge in [0.2, 0.25) is 0 Å². The van der Waals surface area contributed by atoms with Gasteiger partial charge in [0.15, 0.2) is 5.82 Å². The van der Waals surface area contributed by atoms with Gasteiger partial charge >= 0.3 is 6.61 Å². The molecule has 2 aromatic carbocycles. The number of aromatic nitrogens is 3. The third-order valence-electron chi connectivity index (χ3n) is 7.92. The van der Waals surface area contributed by atoms with Crippen molar-refractivity contribution >= 4 is 16.9 Å². The van der Waals surface area contributed by atoms with Crippen molar-refractivity contribution in [3.05, 3.63) is 76.6 Å². The van der Waals surface area contributed by atoms with E-state index in [-0.39, 0.29) is 45.7 Å². The van der Waals surface area contributed by atoms with Crippen molar-refractivity contribution < 1.29 is 31.9 Å². The van der Waals surface area contributed by atoms with Gasteiger partial charge in [-0.3, -0.25) is 9.78 Å². The summed E-state index contributed by atoms with van der Waals surface area (Å²) in [7, 11) is 0. The molecule has 3 atom stereocenters. The minimum Gasteiger partial charge on any atom is -0.434 e. The lowest BCUT2D eigenvalue weighted by Gasteiger charge is -2.24. The first-order valence-electron chi connectivity index (χ1n) is 13.7. The topological polar surface area (TPSA) is 80.5 Å². The highest BCUT2D eigenvalue weighted by Gasteiger charge is 2.45. The van der Waals surface area contributed by atoms with E-state index >= 15 is 4.39 Å². The Morgan fingerprint density at radius 1 is 1.24 bits per heavy atom. The molecule has 10 heteroatoms. The normalized spacial score (nSPS) is 25.1. The number of aliphatic hydroxyl groups is 1. The number of aryl methyl sites for hydroxylation is 1. The molecule has 0 fully saturated rings. The lowest BCUT2D eigenvalue weighted by atomic mass is 9.97. The lowest BCUT2D eigenvalue weighted by Crippen LogP contribution is -2.30. The molecule has 0 radical (unpaired) electrons. The Bertz CT molecular complexity index is 1770. The number of pyridine rings is 1. The number of alkyl halides is 2. The number of imidazole rings is 1. The van der Waals surface area contributed by atoms with Gasteiger partial charge in [0.25, 0.3) is 5.91 Å². The Morgan fingerprint density at radius 2 is 2.08 bits per heavy atom. The van der Waals surface area contributed by atoms with Crippen LogP contribution in [0.5, 0.6) is 5.75 Å². The predicted octanol–water partition coefficient (Wildman–Crippen LogP) is 5.11. The molecular weight excluding hydrogens is 497 g/mol.